The smallest absolute Gasteiger partial charge is 0.230 e. The van der Waals surface area contributed by atoms with Gasteiger partial charge in [0.1, 0.15) is 13.2 Å². The minimum atomic E-state index is -0.000331. The van der Waals surface area contributed by atoms with Gasteiger partial charge >= 0.3 is 0 Å². The van der Waals surface area contributed by atoms with Crippen molar-refractivity contribution in [3.8, 4) is 11.5 Å². The number of aromatic nitrogens is 1. The lowest BCUT2D eigenvalue weighted by molar-refractivity contribution is -0.118. The Labute approximate surface area is 209 Å². The molecule has 0 spiro atoms. The summed E-state index contributed by atoms with van der Waals surface area (Å²) in [6.07, 6.45) is 2.06. The summed E-state index contributed by atoms with van der Waals surface area (Å²) in [4.78, 5) is 19.3. The number of carbonyl (C=O) groups excluding carboxylic acids is 1. The molecule has 1 aliphatic rings. The molecule has 2 heterocycles. The van der Waals surface area contributed by atoms with E-state index < -0.39 is 0 Å². The van der Waals surface area contributed by atoms with Gasteiger partial charge in [-0.05, 0) is 47.5 Å². The van der Waals surface area contributed by atoms with Crippen molar-refractivity contribution in [2.24, 2.45) is 0 Å². The number of nitrogens with one attached hydrogen (secondary N) is 2. The molecule has 180 valence electrons. The number of para-hydroxylation sites is 1. The molecular formula is C28H29N3O3S. The molecule has 1 aromatic heterocycles. The first-order chi connectivity index (χ1) is 17.1. The van der Waals surface area contributed by atoms with Crippen LogP contribution in [0.1, 0.15) is 17.0 Å². The van der Waals surface area contributed by atoms with E-state index in [-0.39, 0.29) is 11.8 Å². The predicted molar refractivity (Wildman–Crippen MR) is 142 cm³/mol. The minimum Gasteiger partial charge on any atom is -0.486 e. The molecule has 1 atom stereocenters. The van der Waals surface area contributed by atoms with Gasteiger partial charge in [0.05, 0.1) is 5.75 Å². The Morgan fingerprint density at radius 3 is 2.60 bits per heavy atom. The molecule has 3 aromatic carbocycles. The summed E-state index contributed by atoms with van der Waals surface area (Å²) in [5, 5.41) is 4.34. The third-order valence-corrected chi connectivity index (χ3v) is 7.19. The number of hydrogen-bond donors (Lipinski definition) is 2. The molecule has 4 aromatic rings. The van der Waals surface area contributed by atoms with Crippen molar-refractivity contribution in [1.82, 2.24) is 10.3 Å². The van der Waals surface area contributed by atoms with E-state index in [2.05, 4.69) is 63.9 Å². The summed E-state index contributed by atoms with van der Waals surface area (Å²) in [7, 11) is 4.07. The first kappa shape index (κ1) is 23.2. The summed E-state index contributed by atoms with van der Waals surface area (Å²) in [6.45, 7) is 1.63. The fraction of sp³-hybridized carbons (Fsp3) is 0.250. The molecule has 0 radical (unpaired) electrons. The van der Waals surface area contributed by atoms with Gasteiger partial charge < -0.3 is 24.7 Å². The highest BCUT2D eigenvalue weighted by atomic mass is 32.2. The van der Waals surface area contributed by atoms with Crippen molar-refractivity contribution >= 4 is 34.3 Å². The summed E-state index contributed by atoms with van der Waals surface area (Å²) < 4.78 is 11.2. The number of benzene rings is 3. The number of nitrogens with zero attached hydrogens (tertiary/aromatic N) is 1. The van der Waals surface area contributed by atoms with E-state index in [0.29, 0.717) is 25.5 Å². The number of rotatable bonds is 8. The van der Waals surface area contributed by atoms with Crippen LogP contribution < -0.4 is 19.7 Å². The highest BCUT2D eigenvalue weighted by Gasteiger charge is 2.20. The van der Waals surface area contributed by atoms with Crippen molar-refractivity contribution in [3.05, 3.63) is 84.1 Å². The Morgan fingerprint density at radius 1 is 1.03 bits per heavy atom. The van der Waals surface area contributed by atoms with Gasteiger partial charge in [0, 0.05) is 54.2 Å². The van der Waals surface area contributed by atoms with Crippen LogP contribution in [-0.4, -0.2) is 50.5 Å². The summed E-state index contributed by atoms with van der Waals surface area (Å²) in [5.41, 5.74) is 4.59. The van der Waals surface area contributed by atoms with Gasteiger partial charge in [-0.2, -0.15) is 0 Å². The quantitative estimate of drug-likeness (QED) is 0.341. The van der Waals surface area contributed by atoms with Crippen LogP contribution in [0.5, 0.6) is 11.5 Å². The average Bonchev–Trinajstić information content (AvgIpc) is 3.32. The van der Waals surface area contributed by atoms with Crippen molar-refractivity contribution < 1.29 is 14.3 Å². The maximum atomic E-state index is 12.8. The molecule has 0 aliphatic carbocycles. The van der Waals surface area contributed by atoms with Crippen molar-refractivity contribution in [2.75, 3.05) is 44.5 Å². The number of fused-ring (bicyclic) bond motifs is 2. The highest BCUT2D eigenvalue weighted by Crippen LogP contribution is 2.34. The average molecular weight is 488 g/mol. The van der Waals surface area contributed by atoms with Crippen LogP contribution in [0.2, 0.25) is 0 Å². The standard InChI is InChI=1S/C28H29N3O3S/c1-31(2)20-9-7-19(8-10-20)23(24-17-29-25-6-4-3-5-22(24)25)16-30-28(32)18-35-21-11-12-26-27(15-21)34-14-13-33-26/h3-12,15,17,23,29H,13-14,16,18H2,1-2H3,(H,30,32)/t23-/m1/s1. The van der Waals surface area contributed by atoms with Crippen molar-refractivity contribution in [3.63, 3.8) is 0 Å². The second-order valence-electron chi connectivity index (χ2n) is 8.73. The van der Waals surface area contributed by atoms with Crippen LogP contribution >= 0.6 is 11.8 Å². The summed E-state index contributed by atoms with van der Waals surface area (Å²) in [5.74, 6) is 1.86. The normalized spacial score (nSPS) is 13.4. The van der Waals surface area contributed by atoms with Gasteiger partial charge in [-0.1, -0.05) is 30.3 Å². The molecule has 1 amide bonds. The number of carbonyl (C=O) groups is 1. The monoisotopic (exact) mass is 487 g/mol. The fourth-order valence-electron chi connectivity index (χ4n) is 4.32. The Morgan fingerprint density at radius 2 is 1.80 bits per heavy atom. The first-order valence-electron chi connectivity index (χ1n) is 11.7. The van der Waals surface area contributed by atoms with Crippen LogP contribution in [0.4, 0.5) is 5.69 Å². The second kappa shape index (κ2) is 10.4. The Kier molecular flexibility index (Phi) is 6.86. The Hall–Kier alpha value is -3.58. The molecule has 0 bridgehead atoms. The number of thioether (sulfide) groups is 1. The summed E-state index contributed by atoms with van der Waals surface area (Å²) in [6, 6.07) is 22.6. The van der Waals surface area contributed by atoms with E-state index in [4.69, 9.17) is 9.47 Å². The van der Waals surface area contributed by atoms with Crippen LogP contribution in [0.3, 0.4) is 0 Å². The van der Waals surface area contributed by atoms with Crippen LogP contribution in [-0.2, 0) is 4.79 Å². The molecule has 0 unspecified atom stereocenters. The van der Waals surface area contributed by atoms with Gasteiger partial charge in [-0.3, -0.25) is 4.79 Å². The largest absolute Gasteiger partial charge is 0.486 e. The zero-order chi connectivity index (χ0) is 24.2. The second-order valence-corrected chi connectivity index (χ2v) is 9.78. The third-order valence-electron chi connectivity index (χ3n) is 6.20. The number of aromatic amines is 1. The van der Waals surface area contributed by atoms with E-state index >= 15 is 0 Å². The van der Waals surface area contributed by atoms with Gasteiger partial charge in [-0.25, -0.2) is 0 Å². The van der Waals surface area contributed by atoms with Crippen LogP contribution in [0.25, 0.3) is 10.9 Å². The zero-order valence-electron chi connectivity index (χ0n) is 19.9. The first-order valence-corrected chi connectivity index (χ1v) is 12.7. The molecular weight excluding hydrogens is 458 g/mol. The molecule has 2 N–H and O–H groups in total. The minimum absolute atomic E-state index is 0.000331. The van der Waals surface area contributed by atoms with Crippen molar-refractivity contribution in [2.45, 2.75) is 10.8 Å². The van der Waals surface area contributed by atoms with E-state index in [1.54, 1.807) is 0 Å². The van der Waals surface area contributed by atoms with E-state index in [0.717, 1.165) is 27.6 Å². The zero-order valence-corrected chi connectivity index (χ0v) is 20.7. The van der Waals surface area contributed by atoms with Crippen molar-refractivity contribution in [1.29, 1.82) is 0 Å². The number of ether oxygens (including phenoxy) is 2. The SMILES string of the molecule is CN(C)c1ccc([C@@H](CNC(=O)CSc2ccc3c(c2)OCCO3)c2c[nH]c3ccccc23)cc1. The molecule has 0 fully saturated rings. The molecule has 1 aliphatic heterocycles. The number of H-pyrrole nitrogens is 1. The number of amides is 1. The lowest BCUT2D eigenvalue weighted by atomic mass is 9.90. The molecule has 0 saturated heterocycles. The lowest BCUT2D eigenvalue weighted by Gasteiger charge is -2.20. The van der Waals surface area contributed by atoms with E-state index in [1.807, 2.05) is 38.4 Å². The topological polar surface area (TPSA) is 66.6 Å². The van der Waals surface area contributed by atoms with Gasteiger partial charge in [-0.15, -0.1) is 11.8 Å². The fourth-order valence-corrected chi connectivity index (χ4v) is 5.08. The number of anilines is 1. The summed E-state index contributed by atoms with van der Waals surface area (Å²) >= 11 is 1.49. The van der Waals surface area contributed by atoms with Gasteiger partial charge in [0.15, 0.2) is 11.5 Å². The maximum Gasteiger partial charge on any atom is 0.230 e. The van der Waals surface area contributed by atoms with Gasteiger partial charge in [0.25, 0.3) is 0 Å². The molecule has 35 heavy (non-hydrogen) atoms. The van der Waals surface area contributed by atoms with E-state index in [9.17, 15) is 4.79 Å². The van der Waals surface area contributed by atoms with E-state index in [1.165, 1.54) is 28.3 Å². The number of hydrogen-bond acceptors (Lipinski definition) is 5. The molecule has 5 rings (SSSR count). The maximum absolute atomic E-state index is 12.8. The highest BCUT2D eigenvalue weighted by molar-refractivity contribution is 8.00. The van der Waals surface area contributed by atoms with Gasteiger partial charge in [0.2, 0.25) is 5.91 Å². The predicted octanol–water partition coefficient (Wildman–Crippen LogP) is 5.05. The Bertz CT molecular complexity index is 1320. The van der Waals surface area contributed by atoms with Crippen LogP contribution in [0, 0.1) is 0 Å². The third kappa shape index (κ3) is 5.25. The Balaban J connectivity index is 1.29. The van der Waals surface area contributed by atoms with Crippen LogP contribution in [0.15, 0.2) is 77.8 Å². The molecule has 7 heteroatoms. The lowest BCUT2D eigenvalue weighted by Crippen LogP contribution is -2.30. The molecule has 6 nitrogen and oxygen atoms in total. The molecule has 0 saturated carbocycles.